The lowest BCUT2D eigenvalue weighted by Crippen LogP contribution is -1.96. The summed E-state index contributed by atoms with van der Waals surface area (Å²) in [5.74, 6) is 0.402. The molecule has 0 aliphatic carbocycles. The van der Waals surface area contributed by atoms with Crippen LogP contribution in [0.15, 0.2) is 12.1 Å². The van der Waals surface area contributed by atoms with E-state index in [9.17, 15) is 4.79 Å². The van der Waals surface area contributed by atoms with E-state index >= 15 is 0 Å². The van der Waals surface area contributed by atoms with Gasteiger partial charge in [-0.15, -0.1) is 0 Å². The predicted octanol–water partition coefficient (Wildman–Crippen LogP) is 1.44. The number of methoxy groups -OCH3 is 2. The molecule has 0 N–H and O–H groups in total. The van der Waals surface area contributed by atoms with Gasteiger partial charge in [0.1, 0.15) is 6.07 Å². The molecule has 0 fully saturated rings. The Balaban J connectivity index is 2.60. The maximum atomic E-state index is 11.4. The molecule has 5 nitrogen and oxygen atoms in total. The summed E-state index contributed by atoms with van der Waals surface area (Å²) in [6.07, 6.45) is -0.859. The highest BCUT2D eigenvalue weighted by Gasteiger charge is 2.32. The van der Waals surface area contributed by atoms with Crippen LogP contribution in [-0.4, -0.2) is 20.2 Å². The molecule has 0 amide bonds. The lowest BCUT2D eigenvalue weighted by atomic mass is 10.0. The number of cyclic esters (lactones) is 1. The van der Waals surface area contributed by atoms with Crippen molar-refractivity contribution in [2.45, 2.75) is 6.10 Å². The van der Waals surface area contributed by atoms with Gasteiger partial charge in [0.25, 0.3) is 0 Å². The molecule has 1 heterocycles. The number of carbonyl (C=O) groups excluding carboxylic acids is 1. The molecule has 16 heavy (non-hydrogen) atoms. The lowest BCUT2D eigenvalue weighted by Gasteiger charge is -2.08. The van der Waals surface area contributed by atoms with Gasteiger partial charge in [0.2, 0.25) is 6.10 Å². The zero-order valence-corrected chi connectivity index (χ0v) is 8.81. The van der Waals surface area contributed by atoms with Crippen LogP contribution in [0, 0.1) is 11.3 Å². The number of esters is 1. The first-order chi connectivity index (χ1) is 7.71. The van der Waals surface area contributed by atoms with Crippen molar-refractivity contribution in [3.8, 4) is 17.6 Å². The molecule has 1 aromatic carbocycles. The molecule has 5 heteroatoms. The van der Waals surface area contributed by atoms with Gasteiger partial charge in [0.15, 0.2) is 11.5 Å². The number of hydrogen-bond donors (Lipinski definition) is 0. The smallest absolute Gasteiger partial charge is 0.340 e. The first-order valence-corrected chi connectivity index (χ1v) is 4.57. The average Bonchev–Trinajstić information content (AvgIpc) is 2.63. The predicted molar refractivity (Wildman–Crippen MR) is 53.3 cm³/mol. The molecule has 2 rings (SSSR count). The number of ether oxygens (including phenoxy) is 3. The van der Waals surface area contributed by atoms with E-state index in [4.69, 9.17) is 19.5 Å². The largest absolute Gasteiger partial charge is 0.493 e. The van der Waals surface area contributed by atoms with Gasteiger partial charge in [0.05, 0.1) is 19.8 Å². The van der Waals surface area contributed by atoms with Crippen molar-refractivity contribution in [2.75, 3.05) is 14.2 Å². The van der Waals surface area contributed by atoms with Crippen LogP contribution < -0.4 is 9.47 Å². The second-order valence-electron chi connectivity index (χ2n) is 3.21. The van der Waals surface area contributed by atoms with Crippen LogP contribution in [0.4, 0.5) is 0 Å². The molecule has 1 atom stereocenters. The number of nitriles is 1. The van der Waals surface area contributed by atoms with Crippen LogP contribution >= 0.6 is 0 Å². The third-order valence-corrected chi connectivity index (χ3v) is 2.40. The van der Waals surface area contributed by atoms with Crippen LogP contribution in [0.25, 0.3) is 0 Å². The van der Waals surface area contributed by atoms with Crippen molar-refractivity contribution < 1.29 is 19.0 Å². The van der Waals surface area contributed by atoms with E-state index in [0.717, 1.165) is 0 Å². The van der Waals surface area contributed by atoms with Gasteiger partial charge in [-0.1, -0.05) is 0 Å². The second kappa shape index (κ2) is 3.74. The van der Waals surface area contributed by atoms with Crippen LogP contribution in [-0.2, 0) is 4.74 Å². The fraction of sp³-hybridized carbons (Fsp3) is 0.273. The van der Waals surface area contributed by atoms with Gasteiger partial charge in [-0.25, -0.2) is 4.79 Å². The second-order valence-corrected chi connectivity index (χ2v) is 3.21. The standard InChI is InChI=1S/C11H9NO4/c1-14-8-3-6-7(4-9(8)15-2)11(13)16-10(6)5-12/h3-4,10H,1-2H3. The minimum absolute atomic E-state index is 0.351. The summed E-state index contributed by atoms with van der Waals surface area (Å²) >= 11 is 0. The number of nitrogens with zero attached hydrogens (tertiary/aromatic N) is 1. The normalized spacial score (nSPS) is 17.3. The number of rotatable bonds is 2. The van der Waals surface area contributed by atoms with E-state index in [0.29, 0.717) is 22.6 Å². The van der Waals surface area contributed by atoms with Gasteiger partial charge in [-0.2, -0.15) is 5.26 Å². The minimum atomic E-state index is -0.859. The zero-order chi connectivity index (χ0) is 11.7. The molecule has 0 saturated carbocycles. The molecule has 0 radical (unpaired) electrons. The van der Waals surface area contributed by atoms with E-state index in [1.807, 2.05) is 6.07 Å². The maximum Gasteiger partial charge on any atom is 0.340 e. The van der Waals surface area contributed by atoms with E-state index < -0.39 is 12.1 Å². The SMILES string of the molecule is COc1cc2c(cc1OC)C(C#N)OC2=O. The monoisotopic (exact) mass is 219 g/mol. The zero-order valence-electron chi connectivity index (χ0n) is 8.81. The van der Waals surface area contributed by atoms with Crippen LogP contribution in [0.2, 0.25) is 0 Å². The number of hydrogen-bond acceptors (Lipinski definition) is 5. The Morgan fingerprint density at radius 3 is 2.50 bits per heavy atom. The molecule has 0 saturated heterocycles. The van der Waals surface area contributed by atoms with Crippen LogP contribution in [0.3, 0.4) is 0 Å². The molecule has 1 aliphatic rings. The van der Waals surface area contributed by atoms with E-state index in [2.05, 4.69) is 0 Å². The van der Waals surface area contributed by atoms with E-state index in [-0.39, 0.29) is 0 Å². The van der Waals surface area contributed by atoms with Gasteiger partial charge in [-0.05, 0) is 12.1 Å². The summed E-state index contributed by atoms with van der Waals surface area (Å²) in [6.45, 7) is 0. The van der Waals surface area contributed by atoms with Crippen LogP contribution in [0.1, 0.15) is 22.0 Å². The highest BCUT2D eigenvalue weighted by atomic mass is 16.5. The van der Waals surface area contributed by atoms with Gasteiger partial charge in [-0.3, -0.25) is 0 Å². The third kappa shape index (κ3) is 1.36. The fourth-order valence-electron chi connectivity index (χ4n) is 1.62. The first kappa shape index (κ1) is 10.3. The average molecular weight is 219 g/mol. The first-order valence-electron chi connectivity index (χ1n) is 4.57. The molecule has 1 aliphatic heterocycles. The molecule has 0 aromatic heterocycles. The molecular formula is C11H9NO4. The summed E-state index contributed by atoms with van der Waals surface area (Å²) in [5.41, 5.74) is 0.870. The van der Waals surface area contributed by atoms with Gasteiger partial charge in [0, 0.05) is 5.56 Å². The van der Waals surface area contributed by atoms with Gasteiger partial charge < -0.3 is 14.2 Å². The maximum absolute atomic E-state index is 11.4. The highest BCUT2D eigenvalue weighted by molar-refractivity contribution is 5.95. The summed E-state index contributed by atoms with van der Waals surface area (Å²) in [5, 5.41) is 8.82. The summed E-state index contributed by atoms with van der Waals surface area (Å²) in [4.78, 5) is 11.4. The van der Waals surface area contributed by atoms with Gasteiger partial charge >= 0.3 is 5.97 Å². The Morgan fingerprint density at radius 1 is 1.31 bits per heavy atom. The van der Waals surface area contributed by atoms with E-state index in [1.165, 1.54) is 20.3 Å². The molecule has 0 bridgehead atoms. The Kier molecular flexibility index (Phi) is 2.41. The number of benzene rings is 1. The number of carbonyl (C=O) groups is 1. The Morgan fingerprint density at radius 2 is 1.94 bits per heavy atom. The topological polar surface area (TPSA) is 68.6 Å². The Labute approximate surface area is 92.1 Å². The van der Waals surface area contributed by atoms with Crippen molar-refractivity contribution in [3.63, 3.8) is 0 Å². The molecule has 82 valence electrons. The van der Waals surface area contributed by atoms with Crippen LogP contribution in [0.5, 0.6) is 11.5 Å². The van der Waals surface area contributed by atoms with Crippen molar-refractivity contribution in [2.24, 2.45) is 0 Å². The minimum Gasteiger partial charge on any atom is -0.493 e. The fourth-order valence-corrected chi connectivity index (χ4v) is 1.62. The van der Waals surface area contributed by atoms with Crippen molar-refractivity contribution in [1.82, 2.24) is 0 Å². The van der Waals surface area contributed by atoms with Crippen molar-refractivity contribution >= 4 is 5.97 Å². The highest BCUT2D eigenvalue weighted by Crippen LogP contribution is 2.38. The molecular weight excluding hydrogens is 210 g/mol. The summed E-state index contributed by atoms with van der Waals surface area (Å²) in [6, 6.07) is 5.01. The third-order valence-electron chi connectivity index (χ3n) is 2.40. The Bertz CT molecular complexity index is 489. The Hall–Kier alpha value is -2.22. The van der Waals surface area contributed by atoms with E-state index in [1.54, 1.807) is 6.07 Å². The summed E-state index contributed by atoms with van der Waals surface area (Å²) < 4.78 is 15.0. The summed E-state index contributed by atoms with van der Waals surface area (Å²) in [7, 11) is 2.97. The van der Waals surface area contributed by atoms with Crippen molar-refractivity contribution in [3.05, 3.63) is 23.3 Å². The molecule has 1 aromatic rings. The molecule has 1 unspecified atom stereocenters. The lowest BCUT2D eigenvalue weighted by molar-refractivity contribution is 0.0477. The number of fused-ring (bicyclic) bond motifs is 1. The van der Waals surface area contributed by atoms with Crippen molar-refractivity contribution in [1.29, 1.82) is 5.26 Å². The molecule has 0 spiro atoms. The quantitative estimate of drug-likeness (QED) is 0.704.